The molecule has 0 aromatic carbocycles. The molecule has 1 atom stereocenters. The van der Waals surface area contributed by atoms with Crippen molar-refractivity contribution in [1.29, 1.82) is 0 Å². The molecule has 1 aliphatic rings. The van der Waals surface area contributed by atoms with E-state index in [1.807, 2.05) is 0 Å². The second-order valence-corrected chi connectivity index (χ2v) is 4.52. The van der Waals surface area contributed by atoms with Crippen LogP contribution in [0.25, 0.3) is 0 Å². The Morgan fingerprint density at radius 1 is 1.71 bits per heavy atom. The molecular weight excluding hydrogens is 244 g/mol. The van der Waals surface area contributed by atoms with E-state index in [4.69, 9.17) is 5.11 Å². The predicted molar refractivity (Wildman–Crippen MR) is 61.4 cm³/mol. The predicted octanol–water partition coefficient (Wildman–Crippen LogP) is 0.0788. The number of amides is 2. The lowest BCUT2D eigenvalue weighted by atomic mass is 10.3. The number of aromatic amines is 1. The minimum absolute atomic E-state index is 0.263. The van der Waals surface area contributed by atoms with Gasteiger partial charge in [-0.15, -0.1) is 11.8 Å². The molecule has 92 valence electrons. The molecule has 2 rings (SSSR count). The largest absolute Gasteiger partial charge is 0.480 e. The van der Waals surface area contributed by atoms with E-state index in [0.717, 1.165) is 0 Å². The Balaban J connectivity index is 1.89. The maximum atomic E-state index is 11.8. The standard InChI is InChI=1S/C9H12N4O3S/c14-8(15)6-4-17-5-13(6)9(16)12-3-7-10-1-2-11-7/h1-2,6H,3-5H2,(H,10,11)(H,12,16)(H,14,15). The number of carboxylic acid groups (broad SMARTS) is 1. The fraction of sp³-hybridized carbons (Fsp3) is 0.444. The van der Waals surface area contributed by atoms with E-state index < -0.39 is 12.0 Å². The van der Waals surface area contributed by atoms with Crippen molar-refractivity contribution in [3.63, 3.8) is 0 Å². The van der Waals surface area contributed by atoms with Gasteiger partial charge in [0.05, 0.1) is 12.4 Å². The average molecular weight is 256 g/mol. The van der Waals surface area contributed by atoms with Crippen molar-refractivity contribution in [3.8, 4) is 0 Å². The highest BCUT2D eigenvalue weighted by molar-refractivity contribution is 7.99. The number of aliphatic carboxylic acids is 1. The molecular formula is C9H12N4O3S. The molecule has 0 radical (unpaired) electrons. The maximum absolute atomic E-state index is 11.8. The zero-order chi connectivity index (χ0) is 12.3. The van der Waals surface area contributed by atoms with Crippen LogP contribution in [0.4, 0.5) is 4.79 Å². The van der Waals surface area contributed by atoms with Gasteiger partial charge in [-0.1, -0.05) is 0 Å². The summed E-state index contributed by atoms with van der Waals surface area (Å²) >= 11 is 1.43. The van der Waals surface area contributed by atoms with Crippen molar-refractivity contribution >= 4 is 23.8 Å². The van der Waals surface area contributed by atoms with Crippen LogP contribution in [0, 0.1) is 0 Å². The van der Waals surface area contributed by atoms with Crippen molar-refractivity contribution in [3.05, 3.63) is 18.2 Å². The van der Waals surface area contributed by atoms with Crippen LogP contribution in [-0.4, -0.2) is 49.6 Å². The second kappa shape index (κ2) is 5.09. The monoisotopic (exact) mass is 256 g/mol. The number of carbonyl (C=O) groups excluding carboxylic acids is 1. The molecule has 1 fully saturated rings. The average Bonchev–Trinajstić information content (AvgIpc) is 2.96. The molecule has 3 N–H and O–H groups in total. The number of carboxylic acids is 1. The van der Waals surface area contributed by atoms with Crippen LogP contribution in [0.15, 0.2) is 12.4 Å². The van der Waals surface area contributed by atoms with Crippen molar-refractivity contribution in [2.75, 3.05) is 11.6 Å². The first-order valence-corrected chi connectivity index (χ1v) is 6.17. The number of nitrogens with one attached hydrogen (secondary N) is 2. The van der Waals surface area contributed by atoms with E-state index in [1.165, 1.54) is 16.7 Å². The molecule has 1 aliphatic heterocycles. The fourth-order valence-corrected chi connectivity index (χ4v) is 2.65. The molecule has 0 aliphatic carbocycles. The first-order chi connectivity index (χ1) is 8.18. The minimum Gasteiger partial charge on any atom is -0.480 e. The lowest BCUT2D eigenvalue weighted by Crippen LogP contribution is -2.46. The van der Waals surface area contributed by atoms with Gasteiger partial charge in [-0.05, 0) is 0 Å². The number of thioether (sulfide) groups is 1. The highest BCUT2D eigenvalue weighted by atomic mass is 32.2. The Morgan fingerprint density at radius 2 is 2.53 bits per heavy atom. The molecule has 0 bridgehead atoms. The number of hydrogen-bond acceptors (Lipinski definition) is 4. The van der Waals surface area contributed by atoms with Gasteiger partial charge in [0.1, 0.15) is 11.9 Å². The SMILES string of the molecule is O=C(O)C1CSCN1C(=O)NCc1ncc[nH]1. The summed E-state index contributed by atoms with van der Waals surface area (Å²) in [7, 11) is 0. The van der Waals surface area contributed by atoms with Crippen LogP contribution in [0.1, 0.15) is 5.82 Å². The van der Waals surface area contributed by atoms with Gasteiger partial charge in [-0.2, -0.15) is 0 Å². The molecule has 7 nitrogen and oxygen atoms in total. The summed E-state index contributed by atoms with van der Waals surface area (Å²) in [6, 6.07) is -1.12. The van der Waals surface area contributed by atoms with Gasteiger partial charge in [0.15, 0.2) is 0 Å². The van der Waals surface area contributed by atoms with Crippen LogP contribution < -0.4 is 5.32 Å². The quantitative estimate of drug-likeness (QED) is 0.711. The third kappa shape index (κ3) is 2.70. The van der Waals surface area contributed by atoms with Crippen molar-refractivity contribution in [2.24, 2.45) is 0 Å². The summed E-state index contributed by atoms with van der Waals surface area (Å²) in [5.41, 5.74) is 0. The first-order valence-electron chi connectivity index (χ1n) is 5.02. The highest BCUT2D eigenvalue weighted by Crippen LogP contribution is 2.20. The van der Waals surface area contributed by atoms with Gasteiger partial charge in [0, 0.05) is 18.1 Å². The molecule has 0 spiro atoms. The lowest BCUT2D eigenvalue weighted by molar-refractivity contribution is -0.140. The Hall–Kier alpha value is -1.70. The molecule has 17 heavy (non-hydrogen) atoms. The van der Waals surface area contributed by atoms with E-state index in [1.54, 1.807) is 12.4 Å². The van der Waals surface area contributed by atoms with Gasteiger partial charge in [-0.25, -0.2) is 14.6 Å². The Labute approximate surface area is 102 Å². The Morgan fingerprint density at radius 3 is 3.18 bits per heavy atom. The molecule has 1 aromatic rings. The lowest BCUT2D eigenvalue weighted by Gasteiger charge is -2.20. The minimum atomic E-state index is -0.969. The summed E-state index contributed by atoms with van der Waals surface area (Å²) in [6.07, 6.45) is 3.25. The van der Waals surface area contributed by atoms with Crippen molar-refractivity contribution < 1.29 is 14.7 Å². The van der Waals surface area contributed by atoms with Crippen LogP contribution in [-0.2, 0) is 11.3 Å². The zero-order valence-electron chi connectivity index (χ0n) is 8.92. The van der Waals surface area contributed by atoms with Crippen LogP contribution in [0.2, 0.25) is 0 Å². The normalized spacial score (nSPS) is 19.3. The number of H-pyrrole nitrogens is 1. The highest BCUT2D eigenvalue weighted by Gasteiger charge is 2.34. The number of aromatic nitrogens is 2. The summed E-state index contributed by atoms with van der Waals surface area (Å²) < 4.78 is 0. The number of carbonyl (C=O) groups is 2. The van der Waals surface area contributed by atoms with Crippen molar-refractivity contribution in [2.45, 2.75) is 12.6 Å². The van der Waals surface area contributed by atoms with E-state index >= 15 is 0 Å². The third-order valence-corrected chi connectivity index (χ3v) is 3.40. The van der Waals surface area contributed by atoms with E-state index in [9.17, 15) is 9.59 Å². The fourth-order valence-electron chi connectivity index (χ4n) is 1.50. The van der Waals surface area contributed by atoms with Crippen LogP contribution in [0.3, 0.4) is 0 Å². The van der Waals surface area contributed by atoms with E-state index in [2.05, 4.69) is 15.3 Å². The van der Waals surface area contributed by atoms with Crippen LogP contribution >= 0.6 is 11.8 Å². The third-order valence-electron chi connectivity index (χ3n) is 2.39. The number of hydrogen-bond donors (Lipinski definition) is 3. The molecule has 2 amide bonds. The van der Waals surface area contributed by atoms with Gasteiger partial charge >= 0.3 is 12.0 Å². The van der Waals surface area contributed by atoms with E-state index in [0.29, 0.717) is 17.5 Å². The topological polar surface area (TPSA) is 98.3 Å². The number of rotatable bonds is 3. The smallest absolute Gasteiger partial charge is 0.327 e. The molecule has 1 unspecified atom stereocenters. The second-order valence-electron chi connectivity index (χ2n) is 3.52. The number of imidazole rings is 1. The summed E-state index contributed by atoms with van der Waals surface area (Å²) in [5.74, 6) is 0.505. The van der Waals surface area contributed by atoms with Crippen LogP contribution in [0.5, 0.6) is 0 Å². The molecule has 2 heterocycles. The van der Waals surface area contributed by atoms with Gasteiger partial charge in [0.25, 0.3) is 0 Å². The number of urea groups is 1. The summed E-state index contributed by atoms with van der Waals surface area (Å²) in [6.45, 7) is 0.263. The first kappa shape index (κ1) is 11.8. The zero-order valence-corrected chi connectivity index (χ0v) is 9.74. The van der Waals surface area contributed by atoms with Gasteiger partial charge < -0.3 is 20.3 Å². The Bertz CT molecular complexity index is 408. The summed E-state index contributed by atoms with van der Waals surface area (Å²) in [4.78, 5) is 30.8. The van der Waals surface area contributed by atoms with Crippen molar-refractivity contribution in [1.82, 2.24) is 20.2 Å². The number of nitrogens with zero attached hydrogens (tertiary/aromatic N) is 2. The summed E-state index contributed by atoms with van der Waals surface area (Å²) in [5, 5.41) is 11.6. The molecule has 0 saturated carbocycles. The molecule has 1 aromatic heterocycles. The van der Waals surface area contributed by atoms with Gasteiger partial charge in [0.2, 0.25) is 0 Å². The Kier molecular flexibility index (Phi) is 3.52. The van der Waals surface area contributed by atoms with Gasteiger partial charge in [-0.3, -0.25) is 0 Å². The molecule has 8 heteroatoms. The maximum Gasteiger partial charge on any atom is 0.327 e. The molecule has 1 saturated heterocycles. The van der Waals surface area contributed by atoms with E-state index in [-0.39, 0.29) is 12.6 Å².